The quantitative estimate of drug-likeness (QED) is 0.248. The molecule has 24 heavy (non-hydrogen) atoms. The highest BCUT2D eigenvalue weighted by Gasteiger charge is 2.28. The van der Waals surface area contributed by atoms with E-state index in [1.54, 1.807) is 11.3 Å². The summed E-state index contributed by atoms with van der Waals surface area (Å²) in [7, 11) is 1.47. The molecule has 1 heterocycles. The van der Waals surface area contributed by atoms with Crippen LogP contribution in [0.5, 0.6) is 0 Å². The van der Waals surface area contributed by atoms with Crippen LogP contribution in [0.15, 0.2) is 22.5 Å². The first-order valence-corrected chi connectivity index (χ1v) is 8.58. The van der Waals surface area contributed by atoms with Gasteiger partial charge >= 0.3 is 6.18 Å². The number of thiophene rings is 1. The summed E-state index contributed by atoms with van der Waals surface area (Å²) in [6.45, 7) is 3.50. The van der Waals surface area contributed by atoms with Crippen LogP contribution in [-0.2, 0) is 6.42 Å². The molecular formula is C15H26F3IN4S. The lowest BCUT2D eigenvalue weighted by atomic mass is 10.3. The molecule has 0 aliphatic rings. The Morgan fingerprint density at radius 2 is 2.08 bits per heavy atom. The van der Waals surface area contributed by atoms with Crippen molar-refractivity contribution in [3.8, 4) is 0 Å². The van der Waals surface area contributed by atoms with Gasteiger partial charge in [0.2, 0.25) is 0 Å². The summed E-state index contributed by atoms with van der Waals surface area (Å²) in [6, 6.07) is 4.11. The Morgan fingerprint density at radius 1 is 1.33 bits per heavy atom. The van der Waals surface area contributed by atoms with Crippen LogP contribution in [0.4, 0.5) is 13.2 Å². The molecule has 4 nitrogen and oxygen atoms in total. The summed E-state index contributed by atoms with van der Waals surface area (Å²) in [4.78, 5) is 6.97. The average molecular weight is 478 g/mol. The molecule has 1 aromatic rings. The molecule has 0 saturated heterocycles. The first-order valence-electron chi connectivity index (χ1n) is 7.70. The van der Waals surface area contributed by atoms with E-state index in [0.717, 1.165) is 19.5 Å². The van der Waals surface area contributed by atoms with Crippen molar-refractivity contribution in [1.29, 1.82) is 0 Å². The first kappa shape index (κ1) is 23.4. The maximum Gasteiger partial charge on any atom is 0.401 e. The monoisotopic (exact) mass is 478 g/mol. The predicted molar refractivity (Wildman–Crippen MR) is 106 cm³/mol. The minimum Gasteiger partial charge on any atom is -0.357 e. The van der Waals surface area contributed by atoms with Gasteiger partial charge in [0.05, 0.1) is 6.54 Å². The topological polar surface area (TPSA) is 39.7 Å². The maximum absolute atomic E-state index is 12.2. The van der Waals surface area contributed by atoms with E-state index in [2.05, 4.69) is 21.7 Å². The Labute approximate surface area is 162 Å². The van der Waals surface area contributed by atoms with Gasteiger partial charge in [0.1, 0.15) is 0 Å². The van der Waals surface area contributed by atoms with E-state index in [-0.39, 0.29) is 24.0 Å². The number of hydrogen-bond acceptors (Lipinski definition) is 3. The summed E-state index contributed by atoms with van der Waals surface area (Å²) in [6.07, 6.45) is -2.62. The van der Waals surface area contributed by atoms with Crippen molar-refractivity contribution in [2.24, 2.45) is 4.99 Å². The molecule has 9 heteroatoms. The van der Waals surface area contributed by atoms with Crippen molar-refractivity contribution in [3.63, 3.8) is 0 Å². The Kier molecular flexibility index (Phi) is 12.5. The molecule has 0 atom stereocenters. The number of alkyl halides is 3. The smallest absolute Gasteiger partial charge is 0.357 e. The molecule has 0 aliphatic carbocycles. The van der Waals surface area contributed by atoms with Crippen molar-refractivity contribution in [2.45, 2.75) is 25.9 Å². The molecule has 0 spiro atoms. The molecule has 0 fully saturated rings. The van der Waals surface area contributed by atoms with E-state index in [0.29, 0.717) is 25.5 Å². The standard InChI is InChI=1S/C15H25F3N4S.HI/c1-3-19-14(21-9-7-13-6-4-11-23-13)20-8-5-10-22(2)12-15(16,17)18;/h4,6,11H,3,5,7-10,12H2,1-2H3,(H2,19,20,21);1H. The van der Waals surface area contributed by atoms with E-state index in [1.165, 1.54) is 16.8 Å². The number of rotatable bonds is 9. The van der Waals surface area contributed by atoms with Gasteiger partial charge < -0.3 is 10.6 Å². The summed E-state index contributed by atoms with van der Waals surface area (Å²) in [5, 5.41) is 8.42. The molecule has 0 saturated carbocycles. The molecule has 2 N–H and O–H groups in total. The Hall–Kier alpha value is -0.550. The fourth-order valence-electron chi connectivity index (χ4n) is 2.02. The zero-order valence-corrected chi connectivity index (χ0v) is 17.2. The van der Waals surface area contributed by atoms with Gasteiger partial charge in [-0.3, -0.25) is 9.89 Å². The maximum atomic E-state index is 12.2. The average Bonchev–Trinajstić information content (AvgIpc) is 2.94. The lowest BCUT2D eigenvalue weighted by molar-refractivity contribution is -0.143. The summed E-state index contributed by atoms with van der Waals surface area (Å²) < 4.78 is 36.6. The molecule has 0 unspecified atom stereocenters. The van der Waals surface area contributed by atoms with Gasteiger partial charge in [-0.25, -0.2) is 0 Å². The number of hydrogen-bond donors (Lipinski definition) is 2. The summed E-state index contributed by atoms with van der Waals surface area (Å²) >= 11 is 1.72. The van der Waals surface area contributed by atoms with Gasteiger partial charge in [-0.05, 0) is 44.8 Å². The van der Waals surface area contributed by atoms with Crippen LogP contribution in [0.1, 0.15) is 18.2 Å². The largest absolute Gasteiger partial charge is 0.401 e. The van der Waals surface area contributed by atoms with Gasteiger partial charge in [-0.2, -0.15) is 13.2 Å². The van der Waals surface area contributed by atoms with Gasteiger partial charge in [-0.15, -0.1) is 35.3 Å². The summed E-state index contributed by atoms with van der Waals surface area (Å²) in [5.41, 5.74) is 0. The van der Waals surface area contributed by atoms with Crippen molar-refractivity contribution in [3.05, 3.63) is 22.4 Å². The molecule has 0 aliphatic heterocycles. The second kappa shape index (κ2) is 12.8. The zero-order chi connectivity index (χ0) is 17.1. The number of halogens is 4. The van der Waals surface area contributed by atoms with Crippen LogP contribution in [-0.4, -0.2) is 56.8 Å². The molecule has 0 amide bonds. The third-order valence-corrected chi connectivity index (χ3v) is 3.94. The van der Waals surface area contributed by atoms with Crippen LogP contribution in [0.3, 0.4) is 0 Å². The first-order chi connectivity index (χ1) is 10.9. The summed E-state index contributed by atoms with van der Waals surface area (Å²) in [5.74, 6) is 0.711. The normalized spacial score (nSPS) is 12.2. The van der Waals surface area contributed by atoms with E-state index in [9.17, 15) is 13.2 Å². The molecule has 1 rings (SSSR count). The Bertz CT molecular complexity index is 452. The second-order valence-electron chi connectivity index (χ2n) is 5.22. The lowest BCUT2D eigenvalue weighted by Crippen LogP contribution is -2.38. The van der Waals surface area contributed by atoms with E-state index in [4.69, 9.17) is 0 Å². The SMILES string of the molecule is CCNC(=NCCCN(C)CC(F)(F)F)NCCc1cccs1.I. The highest BCUT2D eigenvalue weighted by Crippen LogP contribution is 2.15. The van der Waals surface area contributed by atoms with Gasteiger partial charge in [0, 0.05) is 24.5 Å². The van der Waals surface area contributed by atoms with E-state index < -0.39 is 12.7 Å². The highest BCUT2D eigenvalue weighted by atomic mass is 127. The number of guanidine groups is 1. The van der Waals surface area contributed by atoms with Gasteiger partial charge in [-0.1, -0.05) is 6.07 Å². The number of nitrogens with zero attached hydrogens (tertiary/aromatic N) is 2. The molecule has 0 aromatic carbocycles. The van der Waals surface area contributed by atoms with Crippen molar-refractivity contribution >= 4 is 41.3 Å². The van der Waals surface area contributed by atoms with Crippen molar-refractivity contribution in [1.82, 2.24) is 15.5 Å². The number of nitrogens with one attached hydrogen (secondary N) is 2. The fourth-order valence-corrected chi connectivity index (χ4v) is 2.73. The van der Waals surface area contributed by atoms with Crippen LogP contribution in [0, 0.1) is 0 Å². The fraction of sp³-hybridized carbons (Fsp3) is 0.667. The molecule has 1 aromatic heterocycles. The van der Waals surface area contributed by atoms with Crippen molar-refractivity contribution < 1.29 is 13.2 Å². The predicted octanol–water partition coefficient (Wildman–Crippen LogP) is 3.35. The van der Waals surface area contributed by atoms with Crippen LogP contribution in [0.2, 0.25) is 0 Å². The van der Waals surface area contributed by atoms with Gasteiger partial charge in [0.25, 0.3) is 0 Å². The zero-order valence-electron chi connectivity index (χ0n) is 14.0. The Morgan fingerprint density at radius 3 is 2.67 bits per heavy atom. The van der Waals surface area contributed by atoms with Crippen LogP contribution in [0.25, 0.3) is 0 Å². The lowest BCUT2D eigenvalue weighted by Gasteiger charge is -2.18. The van der Waals surface area contributed by atoms with E-state index >= 15 is 0 Å². The third-order valence-electron chi connectivity index (χ3n) is 3.01. The molecule has 140 valence electrons. The van der Waals surface area contributed by atoms with Crippen LogP contribution >= 0.6 is 35.3 Å². The Balaban J connectivity index is 0.00000529. The third kappa shape index (κ3) is 11.9. The highest BCUT2D eigenvalue weighted by molar-refractivity contribution is 14.0. The number of aliphatic imine (C=N–C) groups is 1. The van der Waals surface area contributed by atoms with Crippen molar-refractivity contribution in [2.75, 3.05) is 39.8 Å². The molecule has 0 radical (unpaired) electrons. The molecular weight excluding hydrogens is 452 g/mol. The second-order valence-corrected chi connectivity index (χ2v) is 6.26. The minimum absolute atomic E-state index is 0. The van der Waals surface area contributed by atoms with Crippen LogP contribution < -0.4 is 10.6 Å². The van der Waals surface area contributed by atoms with E-state index in [1.807, 2.05) is 18.4 Å². The molecule has 0 bridgehead atoms. The minimum atomic E-state index is -4.14. The van der Waals surface area contributed by atoms with Gasteiger partial charge in [0.15, 0.2) is 5.96 Å².